The summed E-state index contributed by atoms with van der Waals surface area (Å²) in [5.74, 6) is 1.64. The number of aromatic nitrogens is 2. The maximum Gasteiger partial charge on any atom is 0.254 e. The van der Waals surface area contributed by atoms with Crippen LogP contribution >= 0.6 is 11.6 Å². The molecule has 1 aliphatic carbocycles. The van der Waals surface area contributed by atoms with Crippen molar-refractivity contribution < 1.29 is 4.79 Å². The van der Waals surface area contributed by atoms with Gasteiger partial charge in [-0.2, -0.15) is 0 Å². The van der Waals surface area contributed by atoms with Crippen LogP contribution in [-0.2, 0) is 13.1 Å². The highest BCUT2D eigenvalue weighted by Crippen LogP contribution is 2.31. The van der Waals surface area contributed by atoms with Gasteiger partial charge in [-0.15, -0.1) is 0 Å². The third-order valence-corrected chi connectivity index (χ3v) is 5.53. The van der Waals surface area contributed by atoms with E-state index in [1.165, 1.54) is 12.8 Å². The Morgan fingerprint density at radius 3 is 2.79 bits per heavy atom. The number of nitrogens with zero attached hydrogens (tertiary/aromatic N) is 3. The molecule has 2 aromatic carbocycles. The van der Waals surface area contributed by atoms with E-state index >= 15 is 0 Å². The van der Waals surface area contributed by atoms with Gasteiger partial charge in [0.15, 0.2) is 0 Å². The van der Waals surface area contributed by atoms with Crippen LogP contribution in [0.3, 0.4) is 0 Å². The molecule has 0 spiro atoms. The molecule has 1 heterocycles. The first-order valence-corrected chi connectivity index (χ1v) is 10.4. The van der Waals surface area contributed by atoms with Crippen LogP contribution in [0, 0.1) is 12.8 Å². The standard InChI is InChI=1S/C23H26ClN3O/c1-3-11-27-21-13-19(24)9-10-20(21)25-22(27)15-26(14-17-7-8-17)23(28)18-6-4-5-16(2)12-18/h4-6,9-10,12-13,17H,3,7-8,11,14-15H2,1-2H3. The van der Waals surface area contributed by atoms with Crippen molar-refractivity contribution >= 4 is 28.5 Å². The predicted molar refractivity (Wildman–Crippen MR) is 114 cm³/mol. The number of benzene rings is 2. The molecule has 1 saturated carbocycles. The smallest absolute Gasteiger partial charge is 0.254 e. The van der Waals surface area contributed by atoms with E-state index in [9.17, 15) is 4.79 Å². The number of halogens is 1. The topological polar surface area (TPSA) is 38.1 Å². The highest BCUT2D eigenvalue weighted by atomic mass is 35.5. The average molecular weight is 396 g/mol. The van der Waals surface area contributed by atoms with Gasteiger partial charge in [-0.05, 0) is 62.4 Å². The molecule has 0 aliphatic heterocycles. The summed E-state index contributed by atoms with van der Waals surface area (Å²) in [5.41, 5.74) is 3.83. The van der Waals surface area contributed by atoms with Crippen LogP contribution in [0.5, 0.6) is 0 Å². The number of aryl methyl sites for hydroxylation is 2. The number of carbonyl (C=O) groups excluding carboxylic acids is 1. The zero-order valence-electron chi connectivity index (χ0n) is 16.5. The molecule has 5 heteroatoms. The van der Waals surface area contributed by atoms with Crippen molar-refractivity contribution in [1.29, 1.82) is 0 Å². The fraction of sp³-hybridized carbons (Fsp3) is 0.391. The number of imidazole rings is 1. The lowest BCUT2D eigenvalue weighted by molar-refractivity contribution is 0.0728. The van der Waals surface area contributed by atoms with Crippen molar-refractivity contribution in [3.8, 4) is 0 Å². The Bertz CT molecular complexity index is 1010. The highest BCUT2D eigenvalue weighted by Gasteiger charge is 2.28. The van der Waals surface area contributed by atoms with Gasteiger partial charge in [-0.1, -0.05) is 36.2 Å². The number of carbonyl (C=O) groups is 1. The summed E-state index contributed by atoms with van der Waals surface area (Å²) in [6.45, 7) is 6.35. The van der Waals surface area contributed by atoms with Crippen molar-refractivity contribution in [2.45, 2.75) is 46.2 Å². The third-order valence-electron chi connectivity index (χ3n) is 5.30. The lowest BCUT2D eigenvalue weighted by Crippen LogP contribution is -2.33. The Balaban J connectivity index is 1.68. The Hall–Kier alpha value is -2.33. The van der Waals surface area contributed by atoms with Crippen LogP contribution in [0.15, 0.2) is 42.5 Å². The van der Waals surface area contributed by atoms with Crippen molar-refractivity contribution in [3.63, 3.8) is 0 Å². The predicted octanol–water partition coefficient (Wildman–Crippen LogP) is 5.46. The Labute approximate surface area is 171 Å². The van der Waals surface area contributed by atoms with Crippen LogP contribution in [0.4, 0.5) is 0 Å². The molecule has 1 fully saturated rings. The molecule has 28 heavy (non-hydrogen) atoms. The van der Waals surface area contributed by atoms with Crippen LogP contribution in [0.1, 0.15) is 47.9 Å². The van der Waals surface area contributed by atoms with E-state index in [2.05, 4.69) is 11.5 Å². The van der Waals surface area contributed by atoms with E-state index in [-0.39, 0.29) is 5.91 Å². The molecule has 4 rings (SSSR count). The summed E-state index contributed by atoms with van der Waals surface area (Å²) >= 11 is 6.22. The fourth-order valence-electron chi connectivity index (χ4n) is 3.70. The Morgan fingerprint density at radius 1 is 1.25 bits per heavy atom. The van der Waals surface area contributed by atoms with E-state index in [0.717, 1.165) is 47.5 Å². The number of amides is 1. The first-order valence-electron chi connectivity index (χ1n) is 10.1. The zero-order chi connectivity index (χ0) is 19.7. The summed E-state index contributed by atoms with van der Waals surface area (Å²) in [6, 6.07) is 13.6. The quantitative estimate of drug-likeness (QED) is 0.532. The van der Waals surface area contributed by atoms with Gasteiger partial charge in [0.05, 0.1) is 17.6 Å². The van der Waals surface area contributed by atoms with Crippen molar-refractivity contribution in [3.05, 3.63) is 64.4 Å². The zero-order valence-corrected chi connectivity index (χ0v) is 17.2. The largest absolute Gasteiger partial charge is 0.331 e. The summed E-state index contributed by atoms with van der Waals surface area (Å²) in [6.07, 6.45) is 3.41. The van der Waals surface area contributed by atoms with E-state index in [1.807, 2.05) is 54.3 Å². The van der Waals surface area contributed by atoms with E-state index in [1.54, 1.807) is 0 Å². The molecule has 0 N–H and O–H groups in total. The van der Waals surface area contributed by atoms with Crippen LogP contribution < -0.4 is 0 Å². The summed E-state index contributed by atoms with van der Waals surface area (Å²) < 4.78 is 2.21. The van der Waals surface area contributed by atoms with Gasteiger partial charge in [0.2, 0.25) is 0 Å². The lowest BCUT2D eigenvalue weighted by Gasteiger charge is -2.23. The van der Waals surface area contributed by atoms with Crippen LogP contribution in [0.2, 0.25) is 5.02 Å². The van der Waals surface area contributed by atoms with Gasteiger partial charge >= 0.3 is 0 Å². The normalized spacial score (nSPS) is 13.8. The molecule has 4 nitrogen and oxygen atoms in total. The van der Waals surface area contributed by atoms with E-state index in [0.29, 0.717) is 17.5 Å². The SMILES string of the molecule is CCCn1c(CN(CC2CC2)C(=O)c2cccc(C)c2)nc2ccc(Cl)cc21. The summed E-state index contributed by atoms with van der Waals surface area (Å²) in [7, 11) is 0. The first kappa shape index (κ1) is 19.0. The molecular weight excluding hydrogens is 370 g/mol. The summed E-state index contributed by atoms with van der Waals surface area (Å²) in [5, 5.41) is 0.710. The molecule has 0 atom stereocenters. The molecular formula is C23H26ClN3O. The second-order valence-electron chi connectivity index (χ2n) is 7.81. The van der Waals surface area contributed by atoms with Gasteiger partial charge in [0.1, 0.15) is 5.82 Å². The molecule has 0 bridgehead atoms. The number of hydrogen-bond donors (Lipinski definition) is 0. The molecule has 146 valence electrons. The van der Waals surface area contributed by atoms with Gasteiger partial charge in [-0.3, -0.25) is 4.79 Å². The van der Waals surface area contributed by atoms with Gasteiger partial charge in [-0.25, -0.2) is 4.98 Å². The van der Waals surface area contributed by atoms with Crippen LogP contribution in [0.25, 0.3) is 11.0 Å². The number of hydrogen-bond acceptors (Lipinski definition) is 2. The minimum Gasteiger partial charge on any atom is -0.331 e. The van der Waals surface area contributed by atoms with Crippen molar-refractivity contribution in [2.24, 2.45) is 5.92 Å². The number of rotatable bonds is 7. The molecule has 1 amide bonds. The molecule has 1 aromatic heterocycles. The van der Waals surface area contributed by atoms with E-state index in [4.69, 9.17) is 16.6 Å². The minimum absolute atomic E-state index is 0.0868. The maximum atomic E-state index is 13.3. The van der Waals surface area contributed by atoms with Crippen LogP contribution in [-0.4, -0.2) is 26.9 Å². The highest BCUT2D eigenvalue weighted by molar-refractivity contribution is 6.31. The summed E-state index contributed by atoms with van der Waals surface area (Å²) in [4.78, 5) is 20.1. The monoisotopic (exact) mass is 395 g/mol. The van der Waals surface area contributed by atoms with Gasteiger partial charge < -0.3 is 9.47 Å². The second kappa shape index (κ2) is 7.96. The van der Waals surface area contributed by atoms with Crippen molar-refractivity contribution in [1.82, 2.24) is 14.5 Å². The molecule has 0 radical (unpaired) electrons. The van der Waals surface area contributed by atoms with Crippen molar-refractivity contribution in [2.75, 3.05) is 6.54 Å². The Kier molecular flexibility index (Phi) is 5.40. The molecule has 3 aromatic rings. The average Bonchev–Trinajstić information content (AvgIpc) is 3.44. The minimum atomic E-state index is 0.0868. The lowest BCUT2D eigenvalue weighted by atomic mass is 10.1. The molecule has 0 unspecified atom stereocenters. The fourth-order valence-corrected chi connectivity index (χ4v) is 3.87. The maximum absolute atomic E-state index is 13.3. The first-order chi connectivity index (χ1) is 13.5. The Morgan fingerprint density at radius 2 is 2.07 bits per heavy atom. The second-order valence-corrected chi connectivity index (χ2v) is 8.25. The van der Waals surface area contributed by atoms with E-state index < -0.39 is 0 Å². The number of fused-ring (bicyclic) bond motifs is 1. The third kappa shape index (κ3) is 4.07. The molecule has 0 saturated heterocycles. The van der Waals surface area contributed by atoms with Gasteiger partial charge in [0, 0.05) is 23.7 Å². The van der Waals surface area contributed by atoms with Gasteiger partial charge in [0.25, 0.3) is 5.91 Å². The molecule has 1 aliphatic rings.